The fraction of sp³-hybridized carbons (Fsp3) is 0.100. The summed E-state index contributed by atoms with van der Waals surface area (Å²) in [6, 6.07) is 12.3. The van der Waals surface area contributed by atoms with E-state index in [1.165, 1.54) is 18.2 Å². The van der Waals surface area contributed by atoms with Crippen LogP contribution in [0.5, 0.6) is 0 Å². The molecule has 6 nitrogen and oxygen atoms in total. The van der Waals surface area contributed by atoms with E-state index in [0.29, 0.717) is 0 Å². The zero-order chi connectivity index (χ0) is 21.0. The van der Waals surface area contributed by atoms with Crippen molar-refractivity contribution >= 4 is 33.2 Å². The van der Waals surface area contributed by atoms with Crippen LogP contribution in [0.15, 0.2) is 65.7 Å². The summed E-state index contributed by atoms with van der Waals surface area (Å²) in [6.07, 6.45) is 1.64. The molecule has 2 N–H and O–H groups in total. The molecule has 0 saturated heterocycles. The number of amides is 1. The van der Waals surface area contributed by atoms with Gasteiger partial charge >= 0.3 is 0 Å². The molecule has 1 aromatic heterocycles. The van der Waals surface area contributed by atoms with Crippen molar-refractivity contribution in [1.29, 1.82) is 0 Å². The zero-order valence-corrected chi connectivity index (χ0v) is 16.9. The molecular formula is C20H17ClFN3O3S. The standard InChI is InChI=1S/C20H17ClFN3O3S/c1-13-3-2-10-23-19(13)12-24-20(26)14-4-9-17(21)18(11-14)25-29(27,28)16-7-5-15(22)6-8-16/h2-11,25H,12H2,1H3,(H,24,26). The number of hydrogen-bond acceptors (Lipinski definition) is 4. The number of pyridine rings is 1. The van der Waals surface area contributed by atoms with Crippen molar-refractivity contribution in [2.75, 3.05) is 4.72 Å². The third-order valence-corrected chi connectivity index (χ3v) is 5.84. The zero-order valence-electron chi connectivity index (χ0n) is 15.3. The van der Waals surface area contributed by atoms with Gasteiger partial charge in [0.25, 0.3) is 15.9 Å². The van der Waals surface area contributed by atoms with Gasteiger partial charge in [-0.1, -0.05) is 17.7 Å². The Labute approximate surface area is 172 Å². The van der Waals surface area contributed by atoms with Crippen LogP contribution in [-0.2, 0) is 16.6 Å². The number of rotatable bonds is 6. The maximum atomic E-state index is 13.0. The molecule has 150 valence electrons. The van der Waals surface area contributed by atoms with Crippen LogP contribution in [0.3, 0.4) is 0 Å². The van der Waals surface area contributed by atoms with Crippen LogP contribution < -0.4 is 10.0 Å². The first-order chi connectivity index (χ1) is 13.8. The lowest BCUT2D eigenvalue weighted by Crippen LogP contribution is -2.24. The van der Waals surface area contributed by atoms with E-state index < -0.39 is 21.7 Å². The van der Waals surface area contributed by atoms with Crippen LogP contribution >= 0.6 is 11.6 Å². The third kappa shape index (κ3) is 5.10. The summed E-state index contributed by atoms with van der Waals surface area (Å²) in [4.78, 5) is 16.5. The second-order valence-electron chi connectivity index (χ2n) is 6.20. The van der Waals surface area contributed by atoms with Crippen LogP contribution in [0.4, 0.5) is 10.1 Å². The summed E-state index contributed by atoms with van der Waals surface area (Å²) in [5, 5.41) is 2.86. The largest absolute Gasteiger partial charge is 0.346 e. The molecule has 0 aliphatic heterocycles. The molecule has 0 fully saturated rings. The average molecular weight is 434 g/mol. The van der Waals surface area contributed by atoms with Crippen LogP contribution in [0.1, 0.15) is 21.6 Å². The molecule has 2 aromatic carbocycles. The minimum absolute atomic E-state index is 0.0395. The maximum Gasteiger partial charge on any atom is 0.261 e. The number of hydrogen-bond donors (Lipinski definition) is 2. The smallest absolute Gasteiger partial charge is 0.261 e. The first-order valence-corrected chi connectivity index (χ1v) is 10.4. The monoisotopic (exact) mass is 433 g/mol. The van der Waals surface area contributed by atoms with Gasteiger partial charge in [0.05, 0.1) is 27.8 Å². The van der Waals surface area contributed by atoms with Crippen LogP contribution in [0, 0.1) is 12.7 Å². The second kappa shape index (κ2) is 8.59. The Morgan fingerprint density at radius 3 is 2.55 bits per heavy atom. The molecule has 0 saturated carbocycles. The molecule has 0 bridgehead atoms. The molecule has 1 amide bonds. The van der Waals surface area contributed by atoms with E-state index in [0.717, 1.165) is 35.5 Å². The molecule has 0 atom stereocenters. The van der Waals surface area contributed by atoms with E-state index >= 15 is 0 Å². The molecule has 9 heteroatoms. The molecule has 0 unspecified atom stereocenters. The summed E-state index contributed by atoms with van der Waals surface area (Å²) in [5.74, 6) is -0.960. The van der Waals surface area contributed by atoms with Gasteiger partial charge in [0.1, 0.15) is 5.82 Å². The fourth-order valence-electron chi connectivity index (χ4n) is 2.53. The topological polar surface area (TPSA) is 88.2 Å². The number of halogens is 2. The van der Waals surface area contributed by atoms with E-state index in [-0.39, 0.29) is 27.7 Å². The highest BCUT2D eigenvalue weighted by atomic mass is 35.5. The van der Waals surface area contributed by atoms with Gasteiger partial charge in [0.2, 0.25) is 0 Å². The van der Waals surface area contributed by atoms with Gasteiger partial charge in [-0.05, 0) is 61.0 Å². The number of benzene rings is 2. The quantitative estimate of drug-likeness (QED) is 0.616. The van der Waals surface area contributed by atoms with E-state index in [4.69, 9.17) is 11.6 Å². The number of nitrogens with zero attached hydrogens (tertiary/aromatic N) is 1. The number of aromatic nitrogens is 1. The lowest BCUT2D eigenvalue weighted by Gasteiger charge is -2.12. The van der Waals surface area contributed by atoms with Gasteiger partial charge < -0.3 is 5.32 Å². The summed E-state index contributed by atoms with van der Waals surface area (Å²) < 4.78 is 40.4. The van der Waals surface area contributed by atoms with Crippen molar-refractivity contribution in [3.8, 4) is 0 Å². The average Bonchev–Trinajstić information content (AvgIpc) is 2.69. The van der Waals surface area contributed by atoms with Crippen molar-refractivity contribution in [1.82, 2.24) is 10.3 Å². The first-order valence-electron chi connectivity index (χ1n) is 8.53. The number of aryl methyl sites for hydroxylation is 1. The van der Waals surface area contributed by atoms with Crippen LogP contribution in [0.25, 0.3) is 0 Å². The normalized spacial score (nSPS) is 11.1. The number of anilines is 1. The van der Waals surface area contributed by atoms with Crippen molar-refractivity contribution < 1.29 is 17.6 Å². The van der Waals surface area contributed by atoms with Crippen molar-refractivity contribution in [3.63, 3.8) is 0 Å². The summed E-state index contributed by atoms with van der Waals surface area (Å²) in [7, 11) is -4.00. The third-order valence-electron chi connectivity index (χ3n) is 4.13. The van der Waals surface area contributed by atoms with Crippen molar-refractivity contribution in [3.05, 3.63) is 88.5 Å². The molecule has 0 radical (unpaired) electrons. The number of nitrogens with one attached hydrogen (secondary N) is 2. The van der Waals surface area contributed by atoms with Gasteiger partial charge in [0, 0.05) is 11.8 Å². The van der Waals surface area contributed by atoms with E-state index in [1.54, 1.807) is 12.3 Å². The van der Waals surface area contributed by atoms with Gasteiger partial charge in [-0.25, -0.2) is 12.8 Å². The Hall–Kier alpha value is -2.97. The molecule has 0 aliphatic carbocycles. The first kappa shape index (κ1) is 20.8. The Kier molecular flexibility index (Phi) is 6.14. The highest BCUT2D eigenvalue weighted by Gasteiger charge is 2.17. The van der Waals surface area contributed by atoms with Crippen LogP contribution in [-0.4, -0.2) is 19.3 Å². The predicted octanol–water partition coefficient (Wildman–Crippen LogP) is 3.91. The number of sulfonamides is 1. The number of carbonyl (C=O) groups excluding carboxylic acids is 1. The second-order valence-corrected chi connectivity index (χ2v) is 8.29. The molecule has 0 spiro atoms. The minimum atomic E-state index is -4.00. The highest BCUT2D eigenvalue weighted by molar-refractivity contribution is 7.92. The fourth-order valence-corrected chi connectivity index (χ4v) is 3.82. The predicted molar refractivity (Wildman–Crippen MR) is 109 cm³/mol. The van der Waals surface area contributed by atoms with E-state index in [1.807, 2.05) is 13.0 Å². The Morgan fingerprint density at radius 2 is 1.86 bits per heavy atom. The Morgan fingerprint density at radius 1 is 1.14 bits per heavy atom. The summed E-state index contributed by atoms with van der Waals surface area (Å²) in [6.45, 7) is 2.11. The SMILES string of the molecule is Cc1cccnc1CNC(=O)c1ccc(Cl)c(NS(=O)(=O)c2ccc(F)cc2)c1. The van der Waals surface area contributed by atoms with Gasteiger partial charge in [-0.3, -0.25) is 14.5 Å². The lowest BCUT2D eigenvalue weighted by molar-refractivity contribution is 0.0950. The van der Waals surface area contributed by atoms with Crippen LogP contribution in [0.2, 0.25) is 5.02 Å². The highest BCUT2D eigenvalue weighted by Crippen LogP contribution is 2.26. The Balaban J connectivity index is 1.78. The van der Waals surface area contributed by atoms with E-state index in [9.17, 15) is 17.6 Å². The molecule has 1 heterocycles. The minimum Gasteiger partial charge on any atom is -0.346 e. The van der Waals surface area contributed by atoms with Crippen molar-refractivity contribution in [2.45, 2.75) is 18.4 Å². The van der Waals surface area contributed by atoms with Gasteiger partial charge in [-0.2, -0.15) is 0 Å². The van der Waals surface area contributed by atoms with E-state index in [2.05, 4.69) is 15.0 Å². The Bertz CT molecular complexity index is 1150. The molecule has 3 aromatic rings. The lowest BCUT2D eigenvalue weighted by atomic mass is 10.1. The molecular weight excluding hydrogens is 417 g/mol. The molecule has 29 heavy (non-hydrogen) atoms. The molecule has 0 aliphatic rings. The van der Waals surface area contributed by atoms with Gasteiger partial charge in [-0.15, -0.1) is 0 Å². The van der Waals surface area contributed by atoms with Crippen molar-refractivity contribution in [2.24, 2.45) is 0 Å². The molecule has 3 rings (SSSR count). The number of carbonyl (C=O) groups is 1. The summed E-state index contributed by atoms with van der Waals surface area (Å²) >= 11 is 6.08. The van der Waals surface area contributed by atoms with Gasteiger partial charge in [0.15, 0.2) is 0 Å². The maximum absolute atomic E-state index is 13.0. The summed E-state index contributed by atoms with van der Waals surface area (Å²) in [5.41, 5.74) is 1.93.